The molecule has 1 aliphatic carbocycles. The minimum atomic E-state index is -0.664. The molecule has 1 N–H and O–H groups in total. The van der Waals surface area contributed by atoms with Crippen molar-refractivity contribution in [2.75, 3.05) is 25.7 Å². The highest BCUT2D eigenvalue weighted by Gasteiger charge is 2.27. The number of hydrogen-bond acceptors (Lipinski definition) is 3. The van der Waals surface area contributed by atoms with Crippen LogP contribution in [0.15, 0.2) is 0 Å². The fourth-order valence-electron chi connectivity index (χ4n) is 1.33. The molecule has 1 unspecified atom stereocenters. The van der Waals surface area contributed by atoms with Crippen LogP contribution in [-0.4, -0.2) is 42.0 Å². The molecule has 0 aromatic heterocycles. The van der Waals surface area contributed by atoms with Gasteiger partial charge in [-0.15, -0.1) is 0 Å². The largest absolute Gasteiger partial charge is 0.381 e. The zero-order valence-corrected chi connectivity index (χ0v) is 8.52. The number of ether oxygens (including phenoxy) is 1. The highest BCUT2D eigenvalue weighted by Crippen LogP contribution is 2.21. The number of rotatable bonds is 5. The second-order valence-electron chi connectivity index (χ2n) is 3.26. The van der Waals surface area contributed by atoms with Gasteiger partial charge < -0.3 is 10.1 Å². The smallest absolute Gasteiger partial charge is 0.0601 e. The topological polar surface area (TPSA) is 38.3 Å². The van der Waals surface area contributed by atoms with E-state index in [-0.39, 0.29) is 0 Å². The predicted molar refractivity (Wildman–Crippen MR) is 50.8 cm³/mol. The molecule has 0 saturated heterocycles. The van der Waals surface area contributed by atoms with E-state index in [1.54, 1.807) is 13.4 Å². The molecular formula is C8H17NO2S. The average Bonchev–Trinajstić information content (AvgIpc) is 1.93. The molecule has 0 amide bonds. The molecule has 4 heteroatoms. The van der Waals surface area contributed by atoms with E-state index < -0.39 is 10.8 Å². The summed E-state index contributed by atoms with van der Waals surface area (Å²) in [5, 5.41) is 3.34. The van der Waals surface area contributed by atoms with Crippen LogP contribution in [0.1, 0.15) is 12.8 Å². The Morgan fingerprint density at radius 1 is 1.58 bits per heavy atom. The van der Waals surface area contributed by atoms with Crippen molar-refractivity contribution in [2.24, 2.45) is 0 Å². The van der Waals surface area contributed by atoms with Gasteiger partial charge in [-0.1, -0.05) is 0 Å². The van der Waals surface area contributed by atoms with Crippen LogP contribution in [0.5, 0.6) is 0 Å². The Morgan fingerprint density at radius 2 is 2.25 bits per heavy atom. The lowest BCUT2D eigenvalue weighted by atomic mass is 9.89. The molecule has 0 bridgehead atoms. The monoisotopic (exact) mass is 191 g/mol. The fraction of sp³-hybridized carbons (Fsp3) is 1.00. The van der Waals surface area contributed by atoms with E-state index in [9.17, 15) is 4.21 Å². The van der Waals surface area contributed by atoms with Gasteiger partial charge in [-0.2, -0.15) is 0 Å². The van der Waals surface area contributed by atoms with Gasteiger partial charge in [-0.25, -0.2) is 0 Å². The number of methoxy groups -OCH3 is 1. The number of nitrogens with one attached hydrogen (secondary N) is 1. The maximum absolute atomic E-state index is 10.7. The average molecular weight is 191 g/mol. The summed E-state index contributed by atoms with van der Waals surface area (Å²) in [6.45, 7) is 0.865. The van der Waals surface area contributed by atoms with E-state index in [0.29, 0.717) is 12.1 Å². The molecule has 1 saturated carbocycles. The van der Waals surface area contributed by atoms with Gasteiger partial charge in [0.25, 0.3) is 0 Å². The third-order valence-corrected chi connectivity index (χ3v) is 3.03. The van der Waals surface area contributed by atoms with Gasteiger partial charge in [0.2, 0.25) is 0 Å². The summed E-state index contributed by atoms with van der Waals surface area (Å²) >= 11 is 0. The summed E-state index contributed by atoms with van der Waals surface area (Å²) in [7, 11) is 1.09. The zero-order valence-electron chi connectivity index (χ0n) is 7.71. The Bertz CT molecular complexity index is 157. The standard InChI is InChI=1S/C8H17NO2S/c1-11-8-5-7(6-8)9-3-4-12(2)10/h7-9H,3-6H2,1-2H3. The SMILES string of the molecule is COC1CC(NCCS(C)=O)C1. The van der Waals surface area contributed by atoms with Gasteiger partial charge in [-0.05, 0) is 12.8 Å². The normalized spacial score (nSPS) is 31.2. The molecule has 1 fully saturated rings. The van der Waals surface area contributed by atoms with Gasteiger partial charge in [0.15, 0.2) is 0 Å². The van der Waals surface area contributed by atoms with Gasteiger partial charge in [0.1, 0.15) is 0 Å². The first-order chi connectivity index (χ1) is 5.72. The predicted octanol–water partition coefficient (Wildman–Crippen LogP) is 0.132. The molecule has 1 atom stereocenters. The lowest BCUT2D eigenvalue weighted by molar-refractivity contribution is 0.0181. The van der Waals surface area contributed by atoms with Crippen LogP contribution >= 0.6 is 0 Å². The zero-order chi connectivity index (χ0) is 8.97. The van der Waals surface area contributed by atoms with E-state index in [0.717, 1.165) is 25.1 Å². The van der Waals surface area contributed by atoms with E-state index >= 15 is 0 Å². The van der Waals surface area contributed by atoms with Gasteiger partial charge >= 0.3 is 0 Å². The highest BCUT2D eigenvalue weighted by atomic mass is 32.2. The van der Waals surface area contributed by atoms with Crippen molar-refractivity contribution in [3.05, 3.63) is 0 Å². The molecular weight excluding hydrogens is 174 g/mol. The van der Waals surface area contributed by atoms with E-state index in [1.165, 1.54) is 0 Å². The Labute approximate surface area is 76.3 Å². The van der Waals surface area contributed by atoms with Gasteiger partial charge in [-0.3, -0.25) is 4.21 Å². The molecule has 0 heterocycles. The summed E-state index contributed by atoms with van der Waals surface area (Å²) < 4.78 is 15.8. The van der Waals surface area contributed by atoms with Crippen LogP contribution in [0.25, 0.3) is 0 Å². The van der Waals surface area contributed by atoms with Crippen molar-refractivity contribution in [2.45, 2.75) is 25.0 Å². The Morgan fingerprint density at radius 3 is 2.75 bits per heavy atom. The maximum atomic E-state index is 10.7. The first-order valence-electron chi connectivity index (χ1n) is 4.28. The molecule has 0 spiro atoms. The lowest BCUT2D eigenvalue weighted by Gasteiger charge is -2.34. The van der Waals surface area contributed by atoms with Crippen LogP contribution in [0.4, 0.5) is 0 Å². The fourth-order valence-corrected chi connectivity index (χ4v) is 1.74. The van der Waals surface area contributed by atoms with E-state index in [2.05, 4.69) is 5.32 Å². The van der Waals surface area contributed by atoms with Crippen LogP contribution in [-0.2, 0) is 15.5 Å². The Balaban J connectivity index is 1.93. The number of hydrogen-bond donors (Lipinski definition) is 1. The van der Waals surface area contributed by atoms with Crippen molar-refractivity contribution < 1.29 is 8.95 Å². The third kappa shape index (κ3) is 3.21. The van der Waals surface area contributed by atoms with Gasteiger partial charge in [0.05, 0.1) is 6.10 Å². The quantitative estimate of drug-likeness (QED) is 0.671. The highest BCUT2D eigenvalue weighted by molar-refractivity contribution is 7.84. The summed E-state index contributed by atoms with van der Waals surface area (Å²) in [4.78, 5) is 0. The van der Waals surface area contributed by atoms with Gasteiger partial charge in [0, 0.05) is 42.5 Å². The molecule has 12 heavy (non-hydrogen) atoms. The lowest BCUT2D eigenvalue weighted by Crippen LogP contribution is -2.46. The minimum absolute atomic E-state index is 0.453. The Kier molecular flexibility index (Phi) is 4.18. The summed E-state index contributed by atoms with van der Waals surface area (Å²) in [6, 6.07) is 0.596. The second kappa shape index (κ2) is 4.94. The Hall–Kier alpha value is 0.0700. The molecule has 1 aliphatic rings. The second-order valence-corrected chi connectivity index (χ2v) is 4.81. The van der Waals surface area contributed by atoms with E-state index in [1.807, 2.05) is 0 Å². The molecule has 0 radical (unpaired) electrons. The molecule has 3 nitrogen and oxygen atoms in total. The van der Waals surface area contributed by atoms with Crippen molar-refractivity contribution >= 4 is 10.8 Å². The first-order valence-corrected chi connectivity index (χ1v) is 6.01. The van der Waals surface area contributed by atoms with Crippen molar-refractivity contribution in [3.8, 4) is 0 Å². The third-order valence-electron chi connectivity index (χ3n) is 2.25. The van der Waals surface area contributed by atoms with Crippen molar-refractivity contribution in [3.63, 3.8) is 0 Å². The minimum Gasteiger partial charge on any atom is -0.381 e. The summed E-state index contributed by atoms with van der Waals surface area (Å²) in [5.41, 5.74) is 0. The summed E-state index contributed by atoms with van der Waals surface area (Å²) in [5.74, 6) is 0.758. The van der Waals surface area contributed by atoms with Crippen LogP contribution < -0.4 is 5.32 Å². The summed E-state index contributed by atoms with van der Waals surface area (Å²) in [6.07, 6.45) is 4.40. The molecule has 0 aliphatic heterocycles. The maximum Gasteiger partial charge on any atom is 0.0601 e. The molecule has 72 valence electrons. The first kappa shape index (κ1) is 10.2. The van der Waals surface area contributed by atoms with Crippen molar-refractivity contribution in [1.29, 1.82) is 0 Å². The molecule has 0 aromatic rings. The molecule has 1 rings (SSSR count). The molecule has 0 aromatic carbocycles. The van der Waals surface area contributed by atoms with Crippen molar-refractivity contribution in [1.82, 2.24) is 5.32 Å². The van der Waals surface area contributed by atoms with E-state index in [4.69, 9.17) is 4.74 Å². The van der Waals surface area contributed by atoms with Crippen LogP contribution in [0.2, 0.25) is 0 Å². The van der Waals surface area contributed by atoms with Crippen LogP contribution in [0.3, 0.4) is 0 Å². The van der Waals surface area contributed by atoms with Crippen LogP contribution in [0, 0.1) is 0 Å².